The van der Waals surface area contributed by atoms with Gasteiger partial charge in [0.2, 0.25) is 5.91 Å². The number of thiazole rings is 1. The summed E-state index contributed by atoms with van der Waals surface area (Å²) in [6.07, 6.45) is 1.49. The number of carbonyl (C=O) groups is 3. The van der Waals surface area contributed by atoms with Crippen molar-refractivity contribution in [3.63, 3.8) is 0 Å². The molecule has 0 bridgehead atoms. The lowest BCUT2D eigenvalue weighted by Gasteiger charge is -2.13. The molecule has 11 heteroatoms. The van der Waals surface area contributed by atoms with Gasteiger partial charge in [0.25, 0.3) is 0 Å². The standard InChI is InChI=1S/C23H18FN5O4S/c1-13-10-29(12-25-13)22-27-19(11-34-22)20(30)9-21(31)26-18-8-14(6-7-17(18)28-23(32)33)15-4-2-3-5-16(15)24/h2-8,10-12,28H,9H2,1H3,(H,26,31)(H,32,33). The smallest absolute Gasteiger partial charge is 0.409 e. The zero-order chi connectivity index (χ0) is 24.2. The number of amides is 2. The van der Waals surface area contributed by atoms with Gasteiger partial charge in [-0.3, -0.25) is 19.5 Å². The third-order valence-corrected chi connectivity index (χ3v) is 5.61. The highest BCUT2D eigenvalue weighted by molar-refractivity contribution is 7.12. The van der Waals surface area contributed by atoms with Gasteiger partial charge in [0.05, 0.1) is 23.5 Å². The Balaban J connectivity index is 1.52. The lowest BCUT2D eigenvalue weighted by atomic mass is 10.0. The summed E-state index contributed by atoms with van der Waals surface area (Å²) in [6.45, 7) is 1.83. The number of aromatic nitrogens is 3. The van der Waals surface area contributed by atoms with Crippen LogP contribution in [0.4, 0.5) is 20.6 Å². The van der Waals surface area contributed by atoms with Crippen molar-refractivity contribution in [1.29, 1.82) is 0 Å². The Labute approximate surface area is 196 Å². The number of ketones is 1. The van der Waals surface area contributed by atoms with E-state index >= 15 is 0 Å². The molecule has 0 saturated heterocycles. The average molecular weight is 479 g/mol. The fraction of sp³-hybridized carbons (Fsp3) is 0.0870. The van der Waals surface area contributed by atoms with Gasteiger partial charge in [-0.15, -0.1) is 11.3 Å². The quantitative estimate of drug-likeness (QED) is 0.260. The molecule has 0 aliphatic heterocycles. The van der Waals surface area contributed by atoms with Gasteiger partial charge in [0, 0.05) is 17.1 Å². The Hall–Kier alpha value is -4.38. The van der Waals surface area contributed by atoms with Gasteiger partial charge in [0.15, 0.2) is 10.9 Å². The molecule has 2 aromatic heterocycles. The van der Waals surface area contributed by atoms with E-state index < -0.39 is 30.0 Å². The zero-order valence-corrected chi connectivity index (χ0v) is 18.6. The minimum absolute atomic E-state index is 0.0832. The van der Waals surface area contributed by atoms with Gasteiger partial charge in [-0.25, -0.2) is 19.2 Å². The van der Waals surface area contributed by atoms with Crippen molar-refractivity contribution in [2.75, 3.05) is 10.6 Å². The monoisotopic (exact) mass is 479 g/mol. The van der Waals surface area contributed by atoms with Crippen LogP contribution in [-0.2, 0) is 4.79 Å². The molecule has 4 rings (SSSR count). The lowest BCUT2D eigenvalue weighted by Crippen LogP contribution is -2.18. The molecule has 4 aromatic rings. The highest BCUT2D eigenvalue weighted by atomic mass is 32.1. The third kappa shape index (κ3) is 5.15. The fourth-order valence-corrected chi connectivity index (χ4v) is 3.98. The van der Waals surface area contributed by atoms with Crippen LogP contribution in [0.2, 0.25) is 0 Å². The summed E-state index contributed by atoms with van der Waals surface area (Å²) in [6, 6.07) is 10.4. The third-order valence-electron chi connectivity index (χ3n) is 4.75. The molecular formula is C23H18FN5O4S. The maximum absolute atomic E-state index is 14.2. The van der Waals surface area contributed by atoms with Crippen LogP contribution in [0.1, 0.15) is 22.6 Å². The Morgan fingerprint density at radius 1 is 1.12 bits per heavy atom. The van der Waals surface area contributed by atoms with E-state index in [1.165, 1.54) is 35.6 Å². The normalized spacial score (nSPS) is 10.6. The van der Waals surface area contributed by atoms with Crippen LogP contribution < -0.4 is 10.6 Å². The topological polar surface area (TPSA) is 126 Å². The molecule has 0 unspecified atom stereocenters. The first kappa shape index (κ1) is 22.8. The Kier molecular flexibility index (Phi) is 6.46. The van der Waals surface area contributed by atoms with E-state index in [9.17, 15) is 18.8 Å². The van der Waals surface area contributed by atoms with Crippen LogP contribution in [0, 0.1) is 12.7 Å². The number of carbonyl (C=O) groups excluding carboxylic acids is 2. The van der Waals surface area contributed by atoms with Crippen molar-refractivity contribution >= 4 is 40.5 Å². The number of rotatable bonds is 7. The number of hydrogen-bond donors (Lipinski definition) is 3. The maximum Gasteiger partial charge on any atom is 0.409 e. The van der Waals surface area contributed by atoms with E-state index in [1.54, 1.807) is 40.7 Å². The molecule has 34 heavy (non-hydrogen) atoms. The molecule has 0 radical (unpaired) electrons. The van der Waals surface area contributed by atoms with E-state index in [0.717, 1.165) is 5.69 Å². The Morgan fingerprint density at radius 2 is 1.91 bits per heavy atom. The van der Waals surface area contributed by atoms with E-state index in [0.29, 0.717) is 10.7 Å². The summed E-state index contributed by atoms with van der Waals surface area (Å²) in [7, 11) is 0. The Morgan fingerprint density at radius 3 is 2.62 bits per heavy atom. The van der Waals surface area contributed by atoms with Gasteiger partial charge >= 0.3 is 6.09 Å². The number of halogens is 1. The predicted molar refractivity (Wildman–Crippen MR) is 125 cm³/mol. The van der Waals surface area contributed by atoms with E-state index in [2.05, 4.69) is 20.6 Å². The van der Waals surface area contributed by atoms with Crippen molar-refractivity contribution in [1.82, 2.24) is 14.5 Å². The highest BCUT2D eigenvalue weighted by Crippen LogP contribution is 2.31. The molecular weight excluding hydrogens is 461 g/mol. The van der Waals surface area contributed by atoms with Crippen molar-refractivity contribution in [2.24, 2.45) is 0 Å². The fourth-order valence-electron chi connectivity index (χ4n) is 3.20. The largest absolute Gasteiger partial charge is 0.465 e. The Bertz CT molecular complexity index is 1400. The summed E-state index contributed by atoms with van der Waals surface area (Å²) < 4.78 is 15.9. The van der Waals surface area contributed by atoms with Gasteiger partial charge in [-0.05, 0) is 30.7 Å². The first-order chi connectivity index (χ1) is 16.3. The summed E-state index contributed by atoms with van der Waals surface area (Å²) in [5.41, 5.74) is 1.81. The first-order valence-corrected chi connectivity index (χ1v) is 10.9. The summed E-state index contributed by atoms with van der Waals surface area (Å²) in [5, 5.41) is 15.9. The highest BCUT2D eigenvalue weighted by Gasteiger charge is 2.18. The predicted octanol–water partition coefficient (Wildman–Crippen LogP) is 4.74. The van der Waals surface area contributed by atoms with Crippen LogP contribution in [-0.4, -0.2) is 37.4 Å². The molecule has 2 aromatic carbocycles. The van der Waals surface area contributed by atoms with Gasteiger partial charge < -0.3 is 10.4 Å². The molecule has 172 valence electrons. The number of nitrogens with one attached hydrogen (secondary N) is 2. The lowest BCUT2D eigenvalue weighted by molar-refractivity contribution is -0.115. The number of imidazole rings is 1. The molecule has 2 amide bonds. The molecule has 0 spiro atoms. The van der Waals surface area contributed by atoms with Gasteiger partial charge in [-0.2, -0.15) is 0 Å². The van der Waals surface area contributed by atoms with Crippen LogP contribution in [0.25, 0.3) is 16.3 Å². The number of aryl methyl sites for hydroxylation is 1. The second-order valence-electron chi connectivity index (χ2n) is 7.26. The van der Waals surface area contributed by atoms with Crippen LogP contribution >= 0.6 is 11.3 Å². The number of hydrogen-bond acceptors (Lipinski definition) is 6. The first-order valence-electron chi connectivity index (χ1n) is 9.98. The second kappa shape index (κ2) is 9.63. The molecule has 3 N–H and O–H groups in total. The molecule has 0 aliphatic rings. The van der Waals surface area contributed by atoms with Gasteiger partial charge in [0.1, 0.15) is 17.8 Å². The van der Waals surface area contributed by atoms with E-state index in [1.807, 2.05) is 6.92 Å². The number of carboxylic acid groups (broad SMARTS) is 1. The maximum atomic E-state index is 14.2. The van der Waals surface area contributed by atoms with Crippen molar-refractivity contribution in [3.8, 4) is 16.3 Å². The van der Waals surface area contributed by atoms with Crippen LogP contribution in [0.3, 0.4) is 0 Å². The van der Waals surface area contributed by atoms with E-state index in [4.69, 9.17) is 5.11 Å². The molecule has 0 atom stereocenters. The van der Waals surface area contributed by atoms with Crippen molar-refractivity contribution in [2.45, 2.75) is 13.3 Å². The second-order valence-corrected chi connectivity index (χ2v) is 8.09. The molecule has 0 fully saturated rings. The molecule has 0 aliphatic carbocycles. The van der Waals surface area contributed by atoms with Crippen molar-refractivity contribution in [3.05, 3.63) is 77.6 Å². The summed E-state index contributed by atoms with van der Waals surface area (Å²) in [4.78, 5) is 44.7. The molecule has 9 nitrogen and oxygen atoms in total. The summed E-state index contributed by atoms with van der Waals surface area (Å²) >= 11 is 1.23. The number of anilines is 2. The van der Waals surface area contributed by atoms with Crippen molar-refractivity contribution < 1.29 is 23.9 Å². The zero-order valence-electron chi connectivity index (χ0n) is 17.8. The van der Waals surface area contributed by atoms with Gasteiger partial charge in [-0.1, -0.05) is 24.3 Å². The SMILES string of the molecule is Cc1cn(-c2nc(C(=O)CC(=O)Nc3cc(-c4ccccc4F)ccc3NC(=O)O)cs2)cn1. The molecule has 2 heterocycles. The summed E-state index contributed by atoms with van der Waals surface area (Å²) in [5.74, 6) is -1.65. The number of nitrogens with zero attached hydrogens (tertiary/aromatic N) is 3. The van der Waals surface area contributed by atoms with Crippen LogP contribution in [0.15, 0.2) is 60.4 Å². The molecule has 0 saturated carbocycles. The number of benzene rings is 2. The van der Waals surface area contributed by atoms with Crippen LogP contribution in [0.5, 0.6) is 0 Å². The van der Waals surface area contributed by atoms with E-state index in [-0.39, 0.29) is 22.6 Å². The number of Topliss-reactive ketones (excluding diaryl/α,β-unsaturated/α-hetero) is 1. The average Bonchev–Trinajstić information content (AvgIpc) is 3.44. The minimum Gasteiger partial charge on any atom is -0.465 e. The minimum atomic E-state index is -1.34.